The zero-order valence-corrected chi connectivity index (χ0v) is 26.1. The third-order valence-electron chi connectivity index (χ3n) is 8.44. The van der Waals surface area contributed by atoms with Crippen molar-refractivity contribution in [2.75, 3.05) is 7.05 Å². The van der Waals surface area contributed by atoms with Crippen LogP contribution >= 0.6 is 0 Å². The predicted molar refractivity (Wildman–Crippen MR) is 171 cm³/mol. The molecule has 2 heterocycles. The maximum atomic E-state index is 13.7. The molecule has 0 bridgehead atoms. The summed E-state index contributed by atoms with van der Waals surface area (Å²) in [5.41, 5.74) is 4.47. The van der Waals surface area contributed by atoms with Crippen LogP contribution in [0.15, 0.2) is 83.5 Å². The highest BCUT2D eigenvalue weighted by Gasteiger charge is 2.53. The number of aromatic nitrogens is 2. The lowest BCUT2D eigenvalue weighted by molar-refractivity contribution is -0.356. The lowest BCUT2D eigenvalue weighted by Gasteiger charge is -2.46. The summed E-state index contributed by atoms with van der Waals surface area (Å²) >= 11 is 0. The molecule has 11 heteroatoms. The fraction of sp³-hybridized carbons (Fsp3) is 0.278. The highest BCUT2D eigenvalue weighted by Crippen LogP contribution is 2.44. The Morgan fingerprint density at radius 1 is 0.979 bits per heavy atom. The van der Waals surface area contributed by atoms with Crippen molar-refractivity contribution in [2.45, 2.75) is 57.5 Å². The van der Waals surface area contributed by atoms with E-state index in [0.717, 1.165) is 34.2 Å². The molecule has 0 spiro atoms. The highest BCUT2D eigenvalue weighted by molar-refractivity contribution is 6.12. The van der Waals surface area contributed by atoms with Crippen LogP contribution in [0.1, 0.15) is 63.9 Å². The van der Waals surface area contributed by atoms with Gasteiger partial charge in [-0.05, 0) is 60.4 Å². The number of halogens is 3. The first-order valence-electron chi connectivity index (χ1n) is 15.3. The topological polar surface area (TPSA) is 106 Å². The normalized spacial score (nSPS) is 17.7. The second-order valence-electron chi connectivity index (χ2n) is 11.8. The molecule has 1 aliphatic carbocycles. The number of hydrogen-bond acceptors (Lipinski definition) is 6. The monoisotopic (exact) mass is 642 g/mol. The molecule has 2 N–H and O–H groups in total. The van der Waals surface area contributed by atoms with Gasteiger partial charge in [-0.1, -0.05) is 55.3 Å². The average Bonchev–Trinajstić information content (AvgIpc) is 3.41. The van der Waals surface area contributed by atoms with Crippen molar-refractivity contribution in [3.8, 4) is 22.5 Å². The Morgan fingerprint density at radius 2 is 1.70 bits per heavy atom. The number of benzene rings is 3. The van der Waals surface area contributed by atoms with Gasteiger partial charge in [-0.2, -0.15) is 0 Å². The summed E-state index contributed by atoms with van der Waals surface area (Å²) < 4.78 is 49.3. The van der Waals surface area contributed by atoms with Crippen LogP contribution in [-0.2, 0) is 16.7 Å². The smallest absolute Gasteiger partial charge is 0.455 e. The Morgan fingerprint density at radius 3 is 2.36 bits per heavy atom. The van der Waals surface area contributed by atoms with E-state index in [2.05, 4.69) is 32.3 Å². The van der Waals surface area contributed by atoms with E-state index >= 15 is 0 Å². The first-order chi connectivity index (χ1) is 22.5. The van der Waals surface area contributed by atoms with Gasteiger partial charge in [0.1, 0.15) is 16.9 Å². The first-order valence-corrected chi connectivity index (χ1v) is 15.3. The molecule has 0 saturated heterocycles. The van der Waals surface area contributed by atoms with Crippen molar-refractivity contribution in [2.24, 2.45) is 0 Å². The van der Waals surface area contributed by atoms with Gasteiger partial charge >= 0.3 is 6.36 Å². The number of furan rings is 1. The third kappa shape index (κ3) is 6.48. The van der Waals surface area contributed by atoms with Crippen LogP contribution in [-0.4, -0.2) is 41.3 Å². The quantitative estimate of drug-likeness (QED) is 0.173. The minimum absolute atomic E-state index is 0.134. The van der Waals surface area contributed by atoms with E-state index in [9.17, 15) is 22.8 Å². The van der Waals surface area contributed by atoms with E-state index in [-0.39, 0.29) is 24.6 Å². The number of nitrogens with one attached hydrogen (secondary N) is 2. The number of nitrogens with zero attached hydrogens (tertiary/aromatic N) is 2. The molecule has 0 radical (unpaired) electrons. The van der Waals surface area contributed by atoms with Gasteiger partial charge in [0.2, 0.25) is 0 Å². The first kappa shape index (κ1) is 31.9. The summed E-state index contributed by atoms with van der Waals surface area (Å²) in [6.07, 6.45) is -1.68. The highest BCUT2D eigenvalue weighted by atomic mass is 19.4. The molecule has 1 fully saturated rings. The molecule has 47 heavy (non-hydrogen) atoms. The molecular formula is C36H33F3N4O4. The Hall–Kier alpha value is -5.03. The van der Waals surface area contributed by atoms with E-state index in [1.807, 2.05) is 49.4 Å². The minimum Gasteiger partial charge on any atom is -0.455 e. The van der Waals surface area contributed by atoms with Crippen molar-refractivity contribution >= 4 is 22.8 Å². The summed E-state index contributed by atoms with van der Waals surface area (Å²) in [7, 11) is 1.57. The maximum Gasteiger partial charge on any atom is 0.522 e. The van der Waals surface area contributed by atoms with Crippen LogP contribution in [0.4, 0.5) is 13.2 Å². The zero-order chi connectivity index (χ0) is 33.3. The van der Waals surface area contributed by atoms with E-state index in [1.54, 1.807) is 31.3 Å². The molecule has 2 amide bonds. The summed E-state index contributed by atoms with van der Waals surface area (Å²) in [5, 5.41) is 6.27. The molecule has 8 nitrogen and oxygen atoms in total. The molecule has 2 aromatic heterocycles. The molecular weight excluding hydrogens is 609 g/mol. The van der Waals surface area contributed by atoms with Crippen molar-refractivity contribution < 1.29 is 31.9 Å². The molecule has 3 aromatic carbocycles. The summed E-state index contributed by atoms with van der Waals surface area (Å²) in [6, 6.07) is 20.2. The third-order valence-corrected chi connectivity index (χ3v) is 8.44. The Kier molecular flexibility index (Phi) is 8.59. The Labute approximate surface area is 269 Å². The number of aryl methyl sites for hydroxylation is 2. The van der Waals surface area contributed by atoms with Gasteiger partial charge in [0.05, 0.1) is 11.7 Å². The van der Waals surface area contributed by atoms with E-state index < -0.39 is 23.9 Å². The molecule has 0 atom stereocenters. The summed E-state index contributed by atoms with van der Waals surface area (Å²) in [5.74, 6) is -0.0932. The molecule has 1 aliphatic rings. The number of carbonyl (C=O) groups is 2. The van der Waals surface area contributed by atoms with Crippen LogP contribution in [0.3, 0.4) is 0 Å². The van der Waals surface area contributed by atoms with E-state index in [1.165, 1.54) is 12.4 Å². The van der Waals surface area contributed by atoms with Crippen LogP contribution in [0, 0.1) is 6.92 Å². The van der Waals surface area contributed by atoms with E-state index in [4.69, 9.17) is 4.42 Å². The molecule has 242 valence electrons. The van der Waals surface area contributed by atoms with Gasteiger partial charge < -0.3 is 15.1 Å². The summed E-state index contributed by atoms with van der Waals surface area (Å²) in [4.78, 5) is 35.4. The van der Waals surface area contributed by atoms with Gasteiger partial charge in [0.15, 0.2) is 5.82 Å². The second-order valence-corrected chi connectivity index (χ2v) is 11.8. The van der Waals surface area contributed by atoms with Crippen molar-refractivity contribution in [1.29, 1.82) is 0 Å². The molecule has 5 aromatic rings. The van der Waals surface area contributed by atoms with Gasteiger partial charge in [-0.3, -0.25) is 14.3 Å². The largest absolute Gasteiger partial charge is 0.522 e. The number of hydrogen-bond donors (Lipinski definition) is 2. The average molecular weight is 643 g/mol. The van der Waals surface area contributed by atoms with Gasteiger partial charge in [0.25, 0.3) is 11.8 Å². The van der Waals surface area contributed by atoms with E-state index in [0.29, 0.717) is 34.3 Å². The predicted octanol–water partition coefficient (Wildman–Crippen LogP) is 7.50. The van der Waals surface area contributed by atoms with Crippen molar-refractivity contribution in [3.63, 3.8) is 0 Å². The maximum absolute atomic E-state index is 13.7. The number of fused-ring (bicyclic) bond motifs is 1. The van der Waals surface area contributed by atoms with Gasteiger partial charge in [-0.15, -0.1) is 13.2 Å². The summed E-state index contributed by atoms with van der Waals surface area (Å²) in [6.45, 7) is 4.05. The molecule has 1 saturated carbocycles. The fourth-order valence-corrected chi connectivity index (χ4v) is 6.18. The number of rotatable bonds is 9. The SMILES string of the molecule is CCCc1cc2oc(-c3ccc(C)cc3)c(C(=O)NC)c2cc1-c1cccc(C(=O)NC2(c3ncccn3)CC(OC(F)(F)F)C2)c1. The number of amides is 2. The van der Waals surface area contributed by atoms with Crippen LogP contribution < -0.4 is 10.6 Å². The fourth-order valence-electron chi connectivity index (χ4n) is 6.18. The molecule has 0 unspecified atom stereocenters. The lowest BCUT2D eigenvalue weighted by Crippen LogP contribution is -2.59. The lowest BCUT2D eigenvalue weighted by atomic mass is 9.73. The minimum atomic E-state index is -4.79. The van der Waals surface area contributed by atoms with Crippen LogP contribution in [0.25, 0.3) is 33.4 Å². The van der Waals surface area contributed by atoms with Crippen LogP contribution in [0.5, 0.6) is 0 Å². The standard InChI is InChI=1S/C36H33F3N4O4/c1-4-7-23-17-29-28(30(33(45)40-3)31(46-29)22-12-10-21(2)11-13-22)18-27(23)24-8-5-9-25(16-24)32(44)43-35(34-41-14-6-15-42-34)19-26(20-35)47-36(37,38)39/h5-6,8-18,26H,4,7,19-20H2,1-3H3,(H,40,45)(H,43,44). The molecule has 6 rings (SSSR count). The number of ether oxygens (including phenoxy) is 1. The number of alkyl halides is 3. The van der Waals surface area contributed by atoms with Gasteiger partial charge in [-0.25, -0.2) is 9.97 Å². The second kappa shape index (κ2) is 12.6. The van der Waals surface area contributed by atoms with Crippen molar-refractivity contribution in [3.05, 3.63) is 107 Å². The molecule has 0 aliphatic heterocycles. The van der Waals surface area contributed by atoms with Gasteiger partial charge in [0, 0.05) is 48.8 Å². The Balaban J connectivity index is 1.38. The van der Waals surface area contributed by atoms with Crippen molar-refractivity contribution in [1.82, 2.24) is 20.6 Å². The van der Waals surface area contributed by atoms with Crippen LogP contribution in [0.2, 0.25) is 0 Å². The number of carbonyl (C=O) groups excluding carboxylic acids is 2. The zero-order valence-electron chi connectivity index (χ0n) is 26.1. The Bertz CT molecular complexity index is 1930.